The van der Waals surface area contributed by atoms with Crippen molar-refractivity contribution in [3.8, 4) is 0 Å². The summed E-state index contributed by atoms with van der Waals surface area (Å²) in [6, 6.07) is -0.779. The van der Waals surface area contributed by atoms with Crippen molar-refractivity contribution in [1.82, 2.24) is 4.90 Å². The molecule has 12 N–H and O–H groups in total. The molecule has 0 aromatic rings. The molecule has 3 fully saturated rings. The predicted molar refractivity (Wildman–Crippen MR) is 277 cm³/mol. The van der Waals surface area contributed by atoms with E-state index in [1.807, 2.05) is 13.8 Å². The molecular weight excluding hydrogens is 1080 g/mol. The van der Waals surface area contributed by atoms with Crippen LogP contribution in [0.15, 0.2) is 24.3 Å². The van der Waals surface area contributed by atoms with E-state index < -0.39 is 196 Å². The molecule has 4 rings (SSSR count). The highest BCUT2D eigenvalue weighted by Crippen LogP contribution is 2.38. The van der Waals surface area contributed by atoms with Crippen molar-refractivity contribution >= 4 is 30.2 Å². The summed E-state index contributed by atoms with van der Waals surface area (Å²) < 4.78 is 58.4. The van der Waals surface area contributed by atoms with Crippen LogP contribution in [0.5, 0.6) is 0 Å². The fourth-order valence-corrected chi connectivity index (χ4v) is 10.1. The molecule has 81 heavy (non-hydrogen) atoms. The third-order valence-corrected chi connectivity index (χ3v) is 14.4. The van der Waals surface area contributed by atoms with Crippen LogP contribution in [0.3, 0.4) is 0 Å². The van der Waals surface area contributed by atoms with E-state index in [0.717, 1.165) is 0 Å². The maximum absolute atomic E-state index is 13.2. The van der Waals surface area contributed by atoms with Gasteiger partial charge >= 0.3 is 23.9 Å². The Morgan fingerprint density at radius 3 is 2.10 bits per heavy atom. The highest BCUT2D eigenvalue weighted by Gasteiger charge is 2.53. The molecule has 0 aromatic carbocycles. The Hall–Kier alpha value is -3.73. The maximum Gasteiger partial charge on any atom is 0.335 e. The number of likely N-dealkylation sites (N-methyl/N-ethyl adjacent to an activating group) is 1. The minimum absolute atomic E-state index is 0.0416. The summed E-state index contributed by atoms with van der Waals surface area (Å²) in [6.45, 7) is 9.81. The Balaban J connectivity index is 0.000000597. The molecule has 0 saturated carbocycles. The number of nitrogens with zero attached hydrogens (tertiary/aromatic N) is 1. The molecule has 1 unspecified atom stereocenters. The van der Waals surface area contributed by atoms with Crippen LogP contribution < -0.4 is 0 Å². The molecule has 3 saturated heterocycles. The van der Waals surface area contributed by atoms with Gasteiger partial charge in [-0.05, 0) is 66.5 Å². The molecule has 4 heterocycles. The highest BCUT2D eigenvalue weighted by molar-refractivity contribution is 5.73. The lowest BCUT2D eigenvalue weighted by atomic mass is 9.82. The SMILES string of the molecule is CCCC(=O)O[C@H]1[C@H](C)O[C@@H](O[C@H]2[C@H](N(C)C)[C@@H](O)C(O[C@H]3[C@@H](CC=O)C[C@@H](C)[C@@H](O)/C=C/C=C/C[C@@H](C)OC(=O)C[C@H](OC(C)=O)[C@@H]3OC)O[C@@H]2C)C[C@@]1(C)O.O=C(O)[C@H](O)[C@@H](O)[C@H](O[C@@H]1O[C@H](CO)[C@H](O)[C@H](O)[C@H]1O)[C@H](O)CO. The average Bonchev–Trinajstić information content (AvgIpc) is 3.38. The Bertz CT molecular complexity index is 1990. The van der Waals surface area contributed by atoms with E-state index in [9.17, 15) is 69.9 Å². The Morgan fingerprint density at radius 1 is 0.877 bits per heavy atom. The zero-order valence-corrected chi connectivity index (χ0v) is 47.5. The molecule has 28 heteroatoms. The Morgan fingerprint density at radius 2 is 1.54 bits per heavy atom. The molecule has 4 aliphatic heterocycles. The number of aliphatic hydroxyl groups excluding tert-OH is 10. The second-order valence-corrected chi connectivity index (χ2v) is 21.4. The lowest BCUT2D eigenvalue weighted by Gasteiger charge is -2.50. The molecule has 0 aromatic heterocycles. The second-order valence-electron chi connectivity index (χ2n) is 21.4. The van der Waals surface area contributed by atoms with Gasteiger partial charge in [0, 0.05) is 39.7 Å². The number of esters is 3. The van der Waals surface area contributed by atoms with Gasteiger partial charge in [-0.3, -0.25) is 14.4 Å². The van der Waals surface area contributed by atoms with Crippen LogP contribution >= 0.6 is 0 Å². The molecule has 0 bridgehead atoms. The van der Waals surface area contributed by atoms with Crippen molar-refractivity contribution in [2.24, 2.45) is 11.8 Å². The molecule has 468 valence electrons. The zero-order chi connectivity index (χ0) is 61.2. The number of aldehydes is 1. The second kappa shape index (κ2) is 33.7. The molecule has 0 amide bonds. The van der Waals surface area contributed by atoms with Gasteiger partial charge in [0.2, 0.25) is 0 Å². The third kappa shape index (κ3) is 20.5. The van der Waals surface area contributed by atoms with Gasteiger partial charge in [-0.2, -0.15) is 0 Å². The van der Waals surface area contributed by atoms with Crippen molar-refractivity contribution in [1.29, 1.82) is 0 Å². The van der Waals surface area contributed by atoms with E-state index in [0.29, 0.717) is 19.1 Å². The summed E-state index contributed by atoms with van der Waals surface area (Å²) in [5, 5.41) is 119. The van der Waals surface area contributed by atoms with Crippen LogP contribution in [0.2, 0.25) is 0 Å². The van der Waals surface area contributed by atoms with Gasteiger partial charge in [0.15, 0.2) is 31.1 Å². The van der Waals surface area contributed by atoms with E-state index >= 15 is 0 Å². The number of methoxy groups -OCH3 is 1. The molecule has 0 aliphatic carbocycles. The van der Waals surface area contributed by atoms with Gasteiger partial charge in [0.05, 0.1) is 50.1 Å². The van der Waals surface area contributed by atoms with E-state index in [1.165, 1.54) is 14.0 Å². The first-order valence-corrected chi connectivity index (χ1v) is 27.0. The van der Waals surface area contributed by atoms with Crippen LogP contribution in [0.1, 0.15) is 93.4 Å². The van der Waals surface area contributed by atoms with Crippen molar-refractivity contribution in [3.63, 3.8) is 0 Å². The Kier molecular flexibility index (Phi) is 29.7. The quantitative estimate of drug-likeness (QED) is 0.0330. The number of allylic oxidation sites excluding steroid dienone is 2. The number of cyclic esters (lactones) is 1. The van der Waals surface area contributed by atoms with Gasteiger partial charge in [0.25, 0.3) is 0 Å². The van der Waals surface area contributed by atoms with Crippen LogP contribution in [0.4, 0.5) is 0 Å². The van der Waals surface area contributed by atoms with Crippen LogP contribution in [-0.4, -0.2) is 271 Å². The van der Waals surface area contributed by atoms with Gasteiger partial charge in [-0.25, -0.2) is 4.79 Å². The van der Waals surface area contributed by atoms with E-state index in [4.69, 9.17) is 62.7 Å². The van der Waals surface area contributed by atoms with Crippen LogP contribution in [0, 0.1) is 11.8 Å². The van der Waals surface area contributed by atoms with E-state index in [2.05, 4.69) is 0 Å². The number of aliphatic carboxylic acids is 1. The van der Waals surface area contributed by atoms with Crippen molar-refractivity contribution in [2.45, 2.75) is 234 Å². The van der Waals surface area contributed by atoms with Crippen molar-refractivity contribution < 1.29 is 133 Å². The number of aliphatic hydroxyl groups is 11. The number of carbonyl (C=O) groups is 5. The van der Waals surface area contributed by atoms with Gasteiger partial charge < -0.3 is 118 Å². The number of ether oxygens (including phenoxy) is 10. The minimum Gasteiger partial charge on any atom is -0.479 e. The highest BCUT2D eigenvalue weighted by atomic mass is 16.7. The number of carbonyl (C=O) groups excluding carboxylic acids is 4. The van der Waals surface area contributed by atoms with E-state index in [1.54, 1.807) is 71.0 Å². The molecule has 25 atom stereocenters. The summed E-state index contributed by atoms with van der Waals surface area (Å²) >= 11 is 0. The smallest absolute Gasteiger partial charge is 0.335 e. The Labute approximate surface area is 471 Å². The summed E-state index contributed by atoms with van der Waals surface area (Å²) in [5.74, 6) is -4.72. The summed E-state index contributed by atoms with van der Waals surface area (Å²) in [7, 11) is 4.85. The number of hydrogen-bond acceptors (Lipinski definition) is 27. The fraction of sp³-hybridized carbons (Fsp3) is 0.830. The number of hydrogen-bond donors (Lipinski definition) is 12. The first-order chi connectivity index (χ1) is 38.0. The number of carboxylic acid groups (broad SMARTS) is 1. The molecule has 4 aliphatic rings. The fourth-order valence-electron chi connectivity index (χ4n) is 10.1. The monoisotopic (exact) mass is 1170 g/mol. The standard InChI is InChI=1S/C41H67NO15.C12H22O12/c1-11-15-31(46)55-39-26(5)52-33(22-41(39,7)49)56-36-25(4)53-40(35(48)34(36)42(8)9)57-37-28(18-19-43)20-23(2)29(45)17-14-12-13-16-24(3)51-32(47)21-30(38(37)50-10)54-27(6)44;13-1-3(15)10(7(18)8(19)11(21)22)24-12-9(20)6(17)5(16)4(2-14)23-12/h12-14,17,19,23-26,28-30,33-40,45,48-49H,11,15-16,18,20-22H2,1-10H3;3-10,12-20H,1-2H2,(H,21,22)/b13-12+,17-14+;/t23-,24-,25-,26+,28+,29+,30+,33+,34-,35-,36-,37+,38+,39+,40?,41-;3-,4-,5+,6+,7-,8-,9-,10-,12+/m11/s1. The van der Waals surface area contributed by atoms with Gasteiger partial charge in [-0.15, -0.1) is 0 Å². The number of rotatable bonds is 20. The first kappa shape index (κ1) is 71.5. The summed E-state index contributed by atoms with van der Waals surface area (Å²) in [5.41, 5.74) is -1.49. The van der Waals surface area contributed by atoms with Crippen LogP contribution in [0.25, 0.3) is 0 Å². The van der Waals surface area contributed by atoms with Crippen molar-refractivity contribution in [2.75, 3.05) is 34.4 Å². The lowest BCUT2D eigenvalue weighted by Crippen LogP contribution is -2.66. The number of carboxylic acids is 1. The lowest BCUT2D eigenvalue weighted by molar-refractivity contribution is -0.344. The molecular formula is C53H89NO27. The minimum atomic E-state index is -2.39. The first-order valence-electron chi connectivity index (χ1n) is 27.0. The predicted octanol–water partition coefficient (Wildman–Crippen LogP) is -2.90. The van der Waals surface area contributed by atoms with Crippen LogP contribution in [-0.2, 0) is 71.3 Å². The molecule has 0 radical (unpaired) electrons. The molecule has 0 spiro atoms. The third-order valence-electron chi connectivity index (χ3n) is 14.4. The maximum atomic E-state index is 13.2. The molecule has 28 nitrogen and oxygen atoms in total. The summed E-state index contributed by atoms with van der Waals surface area (Å²) in [4.78, 5) is 62.7. The van der Waals surface area contributed by atoms with Gasteiger partial charge in [0.1, 0.15) is 85.1 Å². The zero-order valence-electron chi connectivity index (χ0n) is 47.5. The van der Waals surface area contributed by atoms with E-state index in [-0.39, 0.29) is 25.7 Å². The van der Waals surface area contributed by atoms with Crippen molar-refractivity contribution in [3.05, 3.63) is 24.3 Å². The summed E-state index contributed by atoms with van der Waals surface area (Å²) in [6.07, 6.45) is -20.4. The normalized spacial score (nSPS) is 39.6. The largest absolute Gasteiger partial charge is 0.479 e. The topological polar surface area (TPSA) is 424 Å². The van der Waals surface area contributed by atoms with Gasteiger partial charge in [-0.1, -0.05) is 38.2 Å². The average molecular weight is 1170 g/mol.